The lowest BCUT2D eigenvalue weighted by molar-refractivity contribution is -0.137. The van der Waals surface area contributed by atoms with E-state index in [4.69, 9.17) is 17.3 Å². The Morgan fingerprint density at radius 1 is 1.24 bits per heavy atom. The second-order valence-electron chi connectivity index (χ2n) is 8.20. The number of hydrogen-bond acceptors (Lipinski definition) is 3. The van der Waals surface area contributed by atoms with Crippen LogP contribution in [0.3, 0.4) is 0 Å². The largest absolute Gasteiger partial charge is 0.481 e. The van der Waals surface area contributed by atoms with Gasteiger partial charge in [-0.2, -0.15) is 5.10 Å². The summed E-state index contributed by atoms with van der Waals surface area (Å²) < 4.78 is 0. The van der Waals surface area contributed by atoms with Crippen LogP contribution in [-0.2, 0) is 4.79 Å². The van der Waals surface area contributed by atoms with E-state index in [-0.39, 0.29) is 6.42 Å². The molecule has 29 heavy (non-hydrogen) atoms. The molecule has 0 aliphatic heterocycles. The maximum atomic E-state index is 10.6. The van der Waals surface area contributed by atoms with Crippen molar-refractivity contribution in [3.63, 3.8) is 0 Å². The van der Waals surface area contributed by atoms with Crippen molar-refractivity contribution in [2.24, 2.45) is 28.8 Å². The predicted molar refractivity (Wildman–Crippen MR) is 122 cm³/mol. The van der Waals surface area contributed by atoms with Gasteiger partial charge in [-0.1, -0.05) is 30.4 Å². The van der Waals surface area contributed by atoms with Crippen LogP contribution in [-0.4, -0.2) is 21.9 Å². The molecule has 4 atom stereocenters. The third kappa shape index (κ3) is 6.13. The van der Waals surface area contributed by atoms with E-state index >= 15 is 0 Å². The smallest absolute Gasteiger partial charge is 0.303 e. The van der Waals surface area contributed by atoms with Gasteiger partial charge in [0.2, 0.25) is 0 Å². The second-order valence-corrected chi connectivity index (χ2v) is 8.61. The second kappa shape index (κ2) is 10.5. The van der Waals surface area contributed by atoms with E-state index in [0.717, 1.165) is 36.1 Å². The normalized spacial score (nSPS) is 26.0. The van der Waals surface area contributed by atoms with Crippen LogP contribution in [0.25, 0.3) is 0 Å². The molecule has 2 aliphatic carbocycles. The monoisotopic (exact) mass is 413 g/mol. The number of anilines is 1. The third-order valence-corrected chi connectivity index (χ3v) is 6.47. The number of unbranched alkanes of at least 4 members (excludes halogenated alkanes) is 1. The summed E-state index contributed by atoms with van der Waals surface area (Å²) in [6, 6.07) is 9.85. The molecule has 156 valence electrons. The van der Waals surface area contributed by atoms with Crippen molar-refractivity contribution in [1.82, 2.24) is 5.43 Å². The lowest BCUT2D eigenvalue weighted by atomic mass is 9.75. The summed E-state index contributed by atoms with van der Waals surface area (Å²) in [7, 11) is 0. The molecule has 4 unspecified atom stereocenters. The summed E-state index contributed by atoms with van der Waals surface area (Å²) in [5, 5.41) is 17.0. The minimum absolute atomic E-state index is 0.245. The van der Waals surface area contributed by atoms with E-state index < -0.39 is 5.97 Å². The van der Waals surface area contributed by atoms with Gasteiger partial charge in [-0.15, -0.1) is 0 Å². The van der Waals surface area contributed by atoms with Crippen molar-refractivity contribution in [2.45, 2.75) is 51.9 Å². The fourth-order valence-corrected chi connectivity index (χ4v) is 5.20. The number of nitrogens with one attached hydrogen (secondary N) is 2. The Bertz CT molecular complexity index is 763. The molecule has 3 rings (SSSR count). The van der Waals surface area contributed by atoms with Crippen LogP contribution in [0.1, 0.15) is 51.9 Å². The molecular formula is C23H31N3O2S. The van der Waals surface area contributed by atoms with Gasteiger partial charge >= 0.3 is 5.97 Å². The Morgan fingerprint density at radius 2 is 2.00 bits per heavy atom. The summed E-state index contributed by atoms with van der Waals surface area (Å²) >= 11 is 5.37. The molecule has 5 nitrogen and oxygen atoms in total. The number of para-hydroxylation sites is 1. The highest BCUT2D eigenvalue weighted by atomic mass is 32.1. The molecule has 0 aromatic heterocycles. The number of carboxylic acid groups (broad SMARTS) is 1. The maximum absolute atomic E-state index is 10.6. The number of carbonyl (C=O) groups is 1. The van der Waals surface area contributed by atoms with Gasteiger partial charge in [-0.3, -0.25) is 10.2 Å². The van der Waals surface area contributed by atoms with Crippen LogP contribution >= 0.6 is 12.2 Å². The van der Waals surface area contributed by atoms with Crippen molar-refractivity contribution in [2.75, 3.05) is 5.32 Å². The number of hydrazone groups is 1. The Morgan fingerprint density at radius 3 is 2.76 bits per heavy atom. The van der Waals surface area contributed by atoms with Crippen LogP contribution in [0.2, 0.25) is 0 Å². The Balaban J connectivity index is 1.52. The summed E-state index contributed by atoms with van der Waals surface area (Å²) in [5.41, 5.74) is 5.10. The summed E-state index contributed by atoms with van der Waals surface area (Å²) in [5.74, 6) is 1.93. The van der Waals surface area contributed by atoms with Crippen LogP contribution in [0.5, 0.6) is 0 Å². The Hall–Kier alpha value is -2.21. The fourth-order valence-electron chi connectivity index (χ4n) is 5.04. The lowest BCUT2D eigenvalue weighted by Gasteiger charge is -2.30. The van der Waals surface area contributed by atoms with Crippen LogP contribution in [0.15, 0.2) is 47.6 Å². The van der Waals surface area contributed by atoms with E-state index in [0.29, 0.717) is 23.4 Å². The zero-order valence-electron chi connectivity index (χ0n) is 17.0. The number of thiocarbonyl (C=S) groups is 1. The van der Waals surface area contributed by atoms with Gasteiger partial charge in [0.15, 0.2) is 5.11 Å². The first-order chi connectivity index (χ1) is 14.0. The molecule has 1 aromatic carbocycles. The van der Waals surface area contributed by atoms with Gasteiger partial charge in [0.05, 0.1) is 0 Å². The number of allylic oxidation sites excluding steroid dienone is 2. The molecule has 1 aromatic rings. The average Bonchev–Trinajstić information content (AvgIpc) is 3.31. The summed E-state index contributed by atoms with van der Waals surface area (Å²) in [6.07, 6.45) is 11.2. The maximum Gasteiger partial charge on any atom is 0.303 e. The minimum atomic E-state index is -0.717. The molecule has 2 bridgehead atoms. The molecule has 3 N–H and O–H groups in total. The number of fused-ring (bicyclic) bond motifs is 2. The molecular weight excluding hydrogens is 382 g/mol. The Kier molecular flexibility index (Phi) is 7.81. The minimum Gasteiger partial charge on any atom is -0.481 e. The van der Waals surface area contributed by atoms with Gasteiger partial charge in [0, 0.05) is 23.7 Å². The van der Waals surface area contributed by atoms with Gasteiger partial charge in [-0.05, 0) is 87.6 Å². The van der Waals surface area contributed by atoms with Gasteiger partial charge in [-0.25, -0.2) is 0 Å². The number of rotatable bonds is 9. The van der Waals surface area contributed by atoms with Gasteiger partial charge in [0.1, 0.15) is 0 Å². The highest BCUT2D eigenvalue weighted by Crippen LogP contribution is 2.54. The lowest BCUT2D eigenvalue weighted by Crippen LogP contribution is -2.31. The van der Waals surface area contributed by atoms with Crippen molar-refractivity contribution in [3.8, 4) is 0 Å². The van der Waals surface area contributed by atoms with Crippen LogP contribution in [0, 0.1) is 23.7 Å². The van der Waals surface area contributed by atoms with E-state index in [1.54, 1.807) is 0 Å². The van der Waals surface area contributed by atoms with Crippen molar-refractivity contribution in [1.29, 1.82) is 0 Å². The summed E-state index contributed by atoms with van der Waals surface area (Å²) in [6.45, 7) is 2.12. The third-order valence-electron chi connectivity index (χ3n) is 6.27. The molecule has 0 amide bonds. The molecule has 0 spiro atoms. The SMILES string of the molecule is CC(=NNC(=S)Nc1ccccc1)C1C2CCC(C2)C1CC=CCCCC(=O)O. The molecule has 6 heteroatoms. The quantitative estimate of drug-likeness (QED) is 0.170. The topological polar surface area (TPSA) is 73.7 Å². The van der Waals surface area contributed by atoms with E-state index in [9.17, 15) is 4.79 Å². The molecule has 2 aliphatic rings. The average molecular weight is 414 g/mol. The number of nitrogens with zero attached hydrogens (tertiary/aromatic N) is 1. The number of benzene rings is 1. The fraction of sp³-hybridized carbons (Fsp3) is 0.522. The zero-order valence-corrected chi connectivity index (χ0v) is 17.8. The van der Waals surface area contributed by atoms with Gasteiger partial charge in [0.25, 0.3) is 0 Å². The first-order valence-electron chi connectivity index (χ1n) is 10.6. The number of carboxylic acids is 1. The highest BCUT2D eigenvalue weighted by Gasteiger charge is 2.47. The van der Waals surface area contributed by atoms with Crippen molar-refractivity contribution < 1.29 is 9.90 Å². The van der Waals surface area contributed by atoms with E-state index in [1.807, 2.05) is 30.3 Å². The molecule has 2 fully saturated rings. The van der Waals surface area contributed by atoms with Crippen LogP contribution < -0.4 is 10.7 Å². The van der Waals surface area contributed by atoms with E-state index in [1.165, 1.54) is 19.3 Å². The van der Waals surface area contributed by atoms with Crippen LogP contribution in [0.4, 0.5) is 5.69 Å². The highest BCUT2D eigenvalue weighted by molar-refractivity contribution is 7.80. The molecule has 2 saturated carbocycles. The van der Waals surface area contributed by atoms with Gasteiger partial charge < -0.3 is 10.4 Å². The molecule has 0 saturated heterocycles. The van der Waals surface area contributed by atoms with Crippen molar-refractivity contribution in [3.05, 3.63) is 42.5 Å². The molecule has 0 radical (unpaired) electrons. The molecule has 0 heterocycles. The Labute approximate surface area is 178 Å². The zero-order chi connectivity index (χ0) is 20.6. The van der Waals surface area contributed by atoms with Crippen molar-refractivity contribution >= 4 is 34.7 Å². The number of aliphatic carboxylic acids is 1. The number of hydrogen-bond donors (Lipinski definition) is 3. The summed E-state index contributed by atoms with van der Waals surface area (Å²) in [4.78, 5) is 10.6. The van der Waals surface area contributed by atoms with E-state index in [2.05, 4.69) is 34.9 Å². The standard InChI is InChI=1S/C23H31N3O2S/c1-16(25-26-23(29)24-19-9-5-4-6-10-19)22-18-14-13-17(15-18)20(22)11-7-2-3-8-12-21(27)28/h2,4-7,9-10,17-18,20,22H,3,8,11-15H2,1H3,(H,27,28)(H2,24,26,29). The predicted octanol–water partition coefficient (Wildman–Crippen LogP) is 5.21. The first-order valence-corrected chi connectivity index (χ1v) is 11.0. The first kappa shape index (κ1) is 21.5.